The van der Waals surface area contributed by atoms with E-state index in [4.69, 9.17) is 5.84 Å². The number of hydrogen-bond donors (Lipinski definition) is 2. The number of carbonyl (C=O) groups excluding carboxylic acids is 1. The van der Waals surface area contributed by atoms with Crippen LogP contribution < -0.4 is 11.3 Å². The first-order chi connectivity index (χ1) is 8.91. The minimum Gasteiger partial charge on any atom is -0.299 e. The minimum atomic E-state index is -0.195. The van der Waals surface area contributed by atoms with Gasteiger partial charge in [-0.1, -0.05) is 13.8 Å². The molecule has 1 amide bonds. The number of nitrogens with one attached hydrogen (secondary N) is 1. The molecule has 2 rings (SSSR count). The van der Waals surface area contributed by atoms with Crippen molar-refractivity contribution in [3.8, 4) is 0 Å². The van der Waals surface area contributed by atoms with Gasteiger partial charge >= 0.3 is 0 Å². The largest absolute Gasteiger partial charge is 0.299 e. The highest BCUT2D eigenvalue weighted by Gasteiger charge is 2.25. The van der Waals surface area contributed by atoms with Gasteiger partial charge in [0.1, 0.15) is 0 Å². The maximum absolute atomic E-state index is 11.5. The first-order valence-electron chi connectivity index (χ1n) is 6.74. The van der Waals surface area contributed by atoms with Crippen LogP contribution in [0.15, 0.2) is 6.07 Å². The quantitative estimate of drug-likeness (QED) is 0.508. The van der Waals surface area contributed by atoms with Crippen molar-refractivity contribution in [2.45, 2.75) is 40.2 Å². The highest BCUT2D eigenvalue weighted by atomic mass is 32.1. The number of rotatable bonds is 3. The lowest BCUT2D eigenvalue weighted by Gasteiger charge is -2.36. The molecule has 1 aliphatic heterocycles. The van der Waals surface area contributed by atoms with Gasteiger partial charge < -0.3 is 0 Å². The predicted molar refractivity (Wildman–Crippen MR) is 79.0 cm³/mol. The Hall–Kier alpha value is -0.910. The number of hydrazine groups is 1. The molecule has 1 fully saturated rings. The van der Waals surface area contributed by atoms with Gasteiger partial charge in [-0.15, -0.1) is 11.3 Å². The normalized spacial score (nSPS) is 19.4. The molecule has 0 aromatic carbocycles. The van der Waals surface area contributed by atoms with E-state index in [1.165, 1.54) is 34.6 Å². The lowest BCUT2D eigenvalue weighted by Crippen LogP contribution is -2.36. The fourth-order valence-electron chi connectivity index (χ4n) is 2.42. The number of thiophene rings is 1. The van der Waals surface area contributed by atoms with Crippen molar-refractivity contribution in [2.24, 2.45) is 11.3 Å². The summed E-state index contributed by atoms with van der Waals surface area (Å²) in [6, 6.07) is 1.97. The van der Waals surface area contributed by atoms with Crippen molar-refractivity contribution in [3.63, 3.8) is 0 Å². The third-order valence-electron chi connectivity index (χ3n) is 3.98. The van der Waals surface area contributed by atoms with Crippen molar-refractivity contribution >= 4 is 17.2 Å². The fraction of sp³-hybridized carbons (Fsp3) is 0.643. The Morgan fingerprint density at radius 3 is 2.68 bits per heavy atom. The first kappa shape index (κ1) is 14.5. The van der Waals surface area contributed by atoms with Crippen molar-refractivity contribution in [3.05, 3.63) is 21.4 Å². The molecule has 1 aliphatic rings. The third-order valence-corrected chi connectivity index (χ3v) is 5.07. The lowest BCUT2D eigenvalue weighted by atomic mass is 9.82. The van der Waals surface area contributed by atoms with Gasteiger partial charge in [0, 0.05) is 11.4 Å². The third kappa shape index (κ3) is 3.55. The highest BCUT2D eigenvalue weighted by molar-refractivity contribution is 7.14. The molecule has 0 spiro atoms. The maximum Gasteiger partial charge on any atom is 0.275 e. The van der Waals surface area contributed by atoms with Gasteiger partial charge in [-0.25, -0.2) is 5.84 Å². The van der Waals surface area contributed by atoms with Gasteiger partial charge in [-0.2, -0.15) is 0 Å². The average molecular weight is 281 g/mol. The van der Waals surface area contributed by atoms with Gasteiger partial charge in [0.05, 0.1) is 4.88 Å². The minimum absolute atomic E-state index is 0.195. The molecule has 0 bridgehead atoms. The maximum atomic E-state index is 11.5. The molecule has 0 unspecified atom stereocenters. The number of carbonyl (C=O) groups is 1. The van der Waals surface area contributed by atoms with Crippen molar-refractivity contribution in [1.82, 2.24) is 10.3 Å². The van der Waals surface area contributed by atoms with Crippen LogP contribution in [-0.2, 0) is 6.54 Å². The molecule has 0 aliphatic carbocycles. The van der Waals surface area contributed by atoms with E-state index < -0.39 is 0 Å². The molecule has 3 N–H and O–H groups in total. The van der Waals surface area contributed by atoms with Crippen LogP contribution >= 0.6 is 11.3 Å². The van der Waals surface area contributed by atoms with Gasteiger partial charge in [-0.3, -0.25) is 15.1 Å². The van der Waals surface area contributed by atoms with E-state index in [9.17, 15) is 4.79 Å². The number of aryl methyl sites for hydroxylation is 1. The van der Waals surface area contributed by atoms with Gasteiger partial charge in [0.2, 0.25) is 0 Å². The second kappa shape index (κ2) is 5.61. The van der Waals surface area contributed by atoms with Gasteiger partial charge in [0.25, 0.3) is 5.91 Å². The van der Waals surface area contributed by atoms with E-state index in [2.05, 4.69) is 31.1 Å². The smallest absolute Gasteiger partial charge is 0.275 e. The van der Waals surface area contributed by atoms with E-state index in [-0.39, 0.29) is 5.91 Å². The number of piperidine rings is 1. The van der Waals surface area contributed by atoms with Crippen molar-refractivity contribution in [1.29, 1.82) is 0 Å². The van der Waals surface area contributed by atoms with Crippen LogP contribution in [0.2, 0.25) is 0 Å². The molecule has 2 heterocycles. The van der Waals surface area contributed by atoms with Crippen LogP contribution in [0.4, 0.5) is 0 Å². The summed E-state index contributed by atoms with van der Waals surface area (Å²) in [5, 5.41) is 0. The molecule has 4 nitrogen and oxygen atoms in total. The van der Waals surface area contributed by atoms with Crippen molar-refractivity contribution < 1.29 is 4.79 Å². The standard InChI is InChI=1S/C14H23N3OS/c1-10-11(8-12(19-10)13(18)16-15)9-17-6-4-14(2,3)5-7-17/h8H,4-7,9,15H2,1-3H3,(H,16,18). The van der Waals surface area contributed by atoms with Crippen LogP contribution in [0.25, 0.3) is 0 Å². The number of nitrogens with zero attached hydrogens (tertiary/aromatic N) is 1. The molecule has 1 saturated heterocycles. The molecule has 1 aromatic rings. The second-order valence-electron chi connectivity index (χ2n) is 6.11. The van der Waals surface area contributed by atoms with Crippen LogP contribution in [-0.4, -0.2) is 23.9 Å². The Balaban J connectivity index is 2.00. The highest BCUT2D eigenvalue weighted by Crippen LogP contribution is 2.31. The summed E-state index contributed by atoms with van der Waals surface area (Å²) in [4.78, 5) is 15.9. The zero-order valence-corrected chi connectivity index (χ0v) is 12.8. The summed E-state index contributed by atoms with van der Waals surface area (Å²) < 4.78 is 0. The van der Waals surface area contributed by atoms with Crippen LogP contribution in [0.3, 0.4) is 0 Å². The molecule has 0 radical (unpaired) electrons. The van der Waals surface area contributed by atoms with E-state index in [0.717, 1.165) is 19.6 Å². The first-order valence-corrected chi connectivity index (χ1v) is 7.55. The zero-order valence-electron chi connectivity index (χ0n) is 12.0. The molecule has 106 valence electrons. The Labute approximate surface area is 118 Å². The van der Waals surface area contributed by atoms with Gasteiger partial charge in [-0.05, 0) is 49.9 Å². The van der Waals surface area contributed by atoms with Crippen LogP contribution in [0.5, 0.6) is 0 Å². The molecule has 5 heteroatoms. The van der Waals surface area contributed by atoms with E-state index in [1.54, 1.807) is 0 Å². The van der Waals surface area contributed by atoms with Crippen LogP contribution in [0.1, 0.15) is 46.8 Å². The summed E-state index contributed by atoms with van der Waals surface area (Å²) in [6.45, 7) is 9.96. The van der Waals surface area contributed by atoms with E-state index in [0.29, 0.717) is 10.3 Å². The lowest BCUT2D eigenvalue weighted by molar-refractivity contribution is 0.0957. The molecule has 0 saturated carbocycles. The number of nitrogen functional groups attached to an aromatic ring is 1. The number of nitrogens with two attached hydrogens (primary N) is 1. The summed E-state index contributed by atoms with van der Waals surface area (Å²) in [5.41, 5.74) is 3.92. The van der Waals surface area contributed by atoms with Crippen molar-refractivity contribution in [2.75, 3.05) is 13.1 Å². The fourth-order valence-corrected chi connectivity index (χ4v) is 3.35. The number of hydrogen-bond acceptors (Lipinski definition) is 4. The van der Waals surface area contributed by atoms with E-state index >= 15 is 0 Å². The summed E-state index contributed by atoms with van der Waals surface area (Å²) in [7, 11) is 0. The molecule has 0 atom stereocenters. The molecular formula is C14H23N3OS. The van der Waals surface area contributed by atoms with E-state index in [1.807, 2.05) is 6.07 Å². The second-order valence-corrected chi connectivity index (χ2v) is 7.36. The summed E-state index contributed by atoms with van der Waals surface area (Å²) >= 11 is 1.52. The topological polar surface area (TPSA) is 58.4 Å². The molecular weight excluding hydrogens is 258 g/mol. The van der Waals surface area contributed by atoms with Gasteiger partial charge in [0.15, 0.2) is 0 Å². The molecule has 1 aromatic heterocycles. The summed E-state index contributed by atoms with van der Waals surface area (Å²) in [6.07, 6.45) is 2.48. The Kier molecular flexibility index (Phi) is 4.28. The summed E-state index contributed by atoms with van der Waals surface area (Å²) in [5.74, 6) is 4.98. The number of likely N-dealkylation sites (tertiary alicyclic amines) is 1. The Morgan fingerprint density at radius 2 is 2.11 bits per heavy atom. The predicted octanol–water partition coefficient (Wildman–Crippen LogP) is 2.28. The Bertz CT molecular complexity index is 457. The Morgan fingerprint density at radius 1 is 1.47 bits per heavy atom. The van der Waals surface area contributed by atoms with Crippen LogP contribution in [0, 0.1) is 12.3 Å². The molecule has 19 heavy (non-hydrogen) atoms. The average Bonchev–Trinajstić information content (AvgIpc) is 2.73. The SMILES string of the molecule is Cc1sc(C(=O)NN)cc1CN1CCC(C)(C)CC1. The monoisotopic (exact) mass is 281 g/mol. The zero-order chi connectivity index (χ0) is 14.0. The number of amides is 1.